The van der Waals surface area contributed by atoms with Gasteiger partial charge in [-0.25, -0.2) is 9.97 Å². The van der Waals surface area contributed by atoms with Crippen molar-refractivity contribution < 1.29 is 14.3 Å². The van der Waals surface area contributed by atoms with Gasteiger partial charge in [0.25, 0.3) is 5.91 Å². The van der Waals surface area contributed by atoms with Crippen LogP contribution in [0.3, 0.4) is 0 Å². The van der Waals surface area contributed by atoms with Crippen LogP contribution in [0, 0.1) is 0 Å². The molecule has 1 aromatic heterocycles. The number of fused-ring (bicyclic) bond motifs is 1. The summed E-state index contributed by atoms with van der Waals surface area (Å²) >= 11 is 12.2. The summed E-state index contributed by atoms with van der Waals surface area (Å²) in [5.74, 6) is 0.951. The number of anilines is 1. The van der Waals surface area contributed by atoms with Crippen LogP contribution in [0.25, 0.3) is 11.4 Å². The SMILES string of the molecule is O=C1COc2ccc(Cl)cc2N1CCC(=O)N1CCC[C@@H]1c1ccnc(-c2cccc(Cl)c2)n1. The number of amides is 2. The summed E-state index contributed by atoms with van der Waals surface area (Å²) < 4.78 is 5.49. The van der Waals surface area contributed by atoms with Gasteiger partial charge in [0.15, 0.2) is 12.4 Å². The third-order valence-electron chi connectivity index (χ3n) is 6.09. The van der Waals surface area contributed by atoms with Crippen LogP contribution >= 0.6 is 23.2 Å². The lowest BCUT2D eigenvalue weighted by atomic mass is 10.1. The van der Waals surface area contributed by atoms with Gasteiger partial charge in [-0.05, 0) is 49.2 Å². The molecule has 2 aromatic carbocycles. The Balaban J connectivity index is 1.31. The second-order valence-electron chi connectivity index (χ2n) is 8.26. The summed E-state index contributed by atoms with van der Waals surface area (Å²) in [5, 5.41) is 1.12. The smallest absolute Gasteiger partial charge is 0.265 e. The van der Waals surface area contributed by atoms with Crippen molar-refractivity contribution in [2.75, 3.05) is 24.6 Å². The number of halogens is 2. The molecule has 0 bridgehead atoms. The van der Waals surface area contributed by atoms with Crippen LogP contribution in [-0.4, -0.2) is 46.4 Å². The van der Waals surface area contributed by atoms with E-state index in [1.54, 1.807) is 35.4 Å². The number of hydrogen-bond donors (Lipinski definition) is 0. The molecule has 174 valence electrons. The monoisotopic (exact) mass is 496 g/mol. The molecule has 9 heteroatoms. The zero-order valence-electron chi connectivity index (χ0n) is 18.3. The summed E-state index contributed by atoms with van der Waals surface area (Å²) in [6.45, 7) is 0.858. The Bertz CT molecular complexity index is 1250. The quantitative estimate of drug-likeness (QED) is 0.500. The summed E-state index contributed by atoms with van der Waals surface area (Å²) in [6.07, 6.45) is 3.63. The topological polar surface area (TPSA) is 75.6 Å². The Labute approximate surface area is 207 Å². The largest absolute Gasteiger partial charge is 0.482 e. The molecule has 1 atom stereocenters. The first-order valence-electron chi connectivity index (χ1n) is 11.1. The molecule has 3 aromatic rings. The molecule has 3 heterocycles. The van der Waals surface area contributed by atoms with Crippen molar-refractivity contribution in [3.63, 3.8) is 0 Å². The molecular weight excluding hydrogens is 475 g/mol. The minimum Gasteiger partial charge on any atom is -0.482 e. The molecule has 5 rings (SSSR count). The Hall–Kier alpha value is -3.16. The molecule has 34 heavy (non-hydrogen) atoms. The molecule has 2 aliphatic heterocycles. The van der Waals surface area contributed by atoms with Crippen LogP contribution in [0.4, 0.5) is 5.69 Å². The molecule has 0 unspecified atom stereocenters. The second-order valence-corrected chi connectivity index (χ2v) is 9.13. The number of hydrogen-bond acceptors (Lipinski definition) is 5. The van der Waals surface area contributed by atoms with E-state index < -0.39 is 0 Å². The van der Waals surface area contributed by atoms with Crippen molar-refractivity contribution in [3.8, 4) is 17.1 Å². The van der Waals surface area contributed by atoms with E-state index in [2.05, 4.69) is 4.98 Å². The van der Waals surface area contributed by atoms with Crippen LogP contribution < -0.4 is 9.64 Å². The average Bonchev–Trinajstić information content (AvgIpc) is 3.34. The molecule has 2 aliphatic rings. The Kier molecular flexibility index (Phi) is 6.39. The van der Waals surface area contributed by atoms with Gasteiger partial charge in [0, 0.05) is 41.3 Å². The molecule has 0 saturated carbocycles. The van der Waals surface area contributed by atoms with Crippen LogP contribution in [0.15, 0.2) is 54.7 Å². The number of carbonyl (C=O) groups is 2. The zero-order valence-corrected chi connectivity index (χ0v) is 19.8. The lowest BCUT2D eigenvalue weighted by Crippen LogP contribution is -2.41. The Morgan fingerprint density at radius 1 is 1.12 bits per heavy atom. The molecule has 0 spiro atoms. The van der Waals surface area contributed by atoms with Crippen molar-refractivity contribution in [3.05, 3.63) is 70.5 Å². The van der Waals surface area contributed by atoms with E-state index in [-0.39, 0.29) is 37.4 Å². The summed E-state index contributed by atoms with van der Waals surface area (Å²) in [7, 11) is 0. The van der Waals surface area contributed by atoms with Gasteiger partial charge in [0.1, 0.15) is 5.75 Å². The standard InChI is InChI=1S/C25H22Cl2N4O3/c26-17-4-1-3-16(13-17)25-28-10-8-19(29-25)20-5-2-11-30(20)23(32)9-12-31-21-14-18(27)6-7-22(21)34-15-24(31)33/h1,3-4,6-8,10,13-14,20H,2,5,9,11-12,15H2/t20-/m1/s1. The first-order valence-corrected chi connectivity index (χ1v) is 11.9. The molecule has 1 fully saturated rings. The molecule has 7 nitrogen and oxygen atoms in total. The van der Waals surface area contributed by atoms with Gasteiger partial charge in [-0.2, -0.15) is 0 Å². The highest BCUT2D eigenvalue weighted by Crippen LogP contribution is 2.35. The minimum atomic E-state index is -0.192. The van der Waals surface area contributed by atoms with E-state index in [1.165, 1.54) is 0 Å². The van der Waals surface area contributed by atoms with Gasteiger partial charge >= 0.3 is 0 Å². The maximum atomic E-state index is 13.2. The van der Waals surface area contributed by atoms with Gasteiger partial charge in [0.05, 0.1) is 17.4 Å². The van der Waals surface area contributed by atoms with Crippen molar-refractivity contribution in [2.24, 2.45) is 0 Å². The van der Waals surface area contributed by atoms with Crippen LogP contribution in [0.2, 0.25) is 10.0 Å². The summed E-state index contributed by atoms with van der Waals surface area (Å²) in [5.41, 5.74) is 2.22. The molecular formula is C25H22Cl2N4O3. The fourth-order valence-corrected chi connectivity index (χ4v) is 4.83. The Morgan fingerprint density at radius 3 is 2.82 bits per heavy atom. The maximum absolute atomic E-state index is 13.2. The number of rotatable bonds is 5. The number of benzene rings is 2. The van der Waals surface area contributed by atoms with Crippen molar-refractivity contribution in [2.45, 2.75) is 25.3 Å². The molecule has 2 amide bonds. The maximum Gasteiger partial charge on any atom is 0.265 e. The Morgan fingerprint density at radius 2 is 1.97 bits per heavy atom. The van der Waals surface area contributed by atoms with Crippen LogP contribution in [-0.2, 0) is 9.59 Å². The van der Waals surface area contributed by atoms with Crippen molar-refractivity contribution in [1.29, 1.82) is 0 Å². The fraction of sp³-hybridized carbons (Fsp3) is 0.280. The van der Waals surface area contributed by atoms with Crippen molar-refractivity contribution in [1.82, 2.24) is 14.9 Å². The first-order chi connectivity index (χ1) is 16.5. The summed E-state index contributed by atoms with van der Waals surface area (Å²) in [6, 6.07) is 14.3. The predicted molar refractivity (Wildman–Crippen MR) is 130 cm³/mol. The molecule has 1 saturated heterocycles. The highest BCUT2D eigenvalue weighted by Gasteiger charge is 2.32. The molecule has 0 aliphatic carbocycles. The number of carbonyl (C=O) groups excluding carboxylic acids is 2. The minimum absolute atomic E-state index is 0.0201. The number of likely N-dealkylation sites (tertiary alicyclic amines) is 1. The normalized spacial score (nSPS) is 17.5. The number of ether oxygens (including phenoxy) is 1. The van der Waals surface area contributed by atoms with Gasteiger partial charge < -0.3 is 14.5 Å². The van der Waals surface area contributed by atoms with E-state index in [4.69, 9.17) is 32.9 Å². The van der Waals surface area contributed by atoms with E-state index >= 15 is 0 Å². The van der Waals surface area contributed by atoms with Gasteiger partial charge in [-0.15, -0.1) is 0 Å². The number of aromatic nitrogens is 2. The predicted octanol–water partition coefficient (Wildman–Crippen LogP) is 4.93. The highest BCUT2D eigenvalue weighted by atomic mass is 35.5. The second kappa shape index (κ2) is 9.60. The van der Waals surface area contributed by atoms with Crippen LogP contribution in [0.5, 0.6) is 5.75 Å². The summed E-state index contributed by atoms with van der Waals surface area (Å²) in [4.78, 5) is 38.3. The van der Waals surface area contributed by atoms with E-state index in [0.29, 0.717) is 33.9 Å². The molecule has 0 N–H and O–H groups in total. The lowest BCUT2D eigenvalue weighted by Gasteiger charge is -2.30. The number of nitrogens with zero attached hydrogens (tertiary/aromatic N) is 4. The highest BCUT2D eigenvalue weighted by molar-refractivity contribution is 6.31. The van der Waals surface area contributed by atoms with E-state index in [9.17, 15) is 9.59 Å². The third-order valence-corrected chi connectivity index (χ3v) is 6.56. The lowest BCUT2D eigenvalue weighted by molar-refractivity contribution is -0.132. The first kappa shape index (κ1) is 22.6. The van der Waals surface area contributed by atoms with Gasteiger partial charge in [-0.3, -0.25) is 9.59 Å². The van der Waals surface area contributed by atoms with Crippen molar-refractivity contribution >= 4 is 40.7 Å². The van der Waals surface area contributed by atoms with Gasteiger partial charge in [0.2, 0.25) is 5.91 Å². The van der Waals surface area contributed by atoms with E-state index in [1.807, 2.05) is 29.2 Å². The van der Waals surface area contributed by atoms with E-state index in [0.717, 1.165) is 24.1 Å². The molecule has 0 radical (unpaired) electrons. The van der Waals surface area contributed by atoms with Gasteiger partial charge in [-0.1, -0.05) is 35.3 Å². The van der Waals surface area contributed by atoms with Crippen LogP contribution in [0.1, 0.15) is 31.0 Å². The fourth-order valence-electron chi connectivity index (χ4n) is 4.47. The zero-order chi connectivity index (χ0) is 23.7. The third kappa shape index (κ3) is 4.58. The average molecular weight is 497 g/mol.